The van der Waals surface area contributed by atoms with E-state index in [1.165, 1.54) is 5.56 Å². The van der Waals surface area contributed by atoms with Crippen molar-refractivity contribution in [2.24, 2.45) is 5.92 Å². The van der Waals surface area contributed by atoms with Crippen LogP contribution in [0.15, 0.2) is 24.3 Å². The third kappa shape index (κ3) is 4.88. The fourth-order valence-electron chi connectivity index (χ4n) is 1.18. The van der Waals surface area contributed by atoms with Gasteiger partial charge in [-0.3, -0.25) is 0 Å². The van der Waals surface area contributed by atoms with Crippen molar-refractivity contribution in [2.75, 3.05) is 17.2 Å². The Balaban J connectivity index is 2.20. The van der Waals surface area contributed by atoms with Gasteiger partial charge in [0.05, 0.1) is 0 Å². The summed E-state index contributed by atoms with van der Waals surface area (Å²) >= 11 is 1.82. The molecule has 0 aliphatic carbocycles. The molecule has 0 radical (unpaired) electrons. The standard InChI is InChI=1S/C12H17NOS/c1-10(8-14)9-15-7-6-11-2-4-12(13)5-3-11/h2-5,8,10H,6-7,9,13H2,1H3. The molecule has 15 heavy (non-hydrogen) atoms. The molecule has 0 fully saturated rings. The second kappa shape index (κ2) is 6.51. The first-order valence-corrected chi connectivity index (χ1v) is 6.25. The zero-order chi connectivity index (χ0) is 11.1. The van der Waals surface area contributed by atoms with Gasteiger partial charge in [0, 0.05) is 17.4 Å². The molecule has 2 N–H and O–H groups in total. The summed E-state index contributed by atoms with van der Waals surface area (Å²) in [6, 6.07) is 7.96. The van der Waals surface area contributed by atoms with Crippen molar-refractivity contribution in [1.82, 2.24) is 0 Å². The number of aryl methyl sites for hydroxylation is 1. The van der Waals surface area contributed by atoms with Gasteiger partial charge >= 0.3 is 0 Å². The third-order valence-corrected chi connectivity index (χ3v) is 3.38. The number of hydrogen-bond acceptors (Lipinski definition) is 3. The van der Waals surface area contributed by atoms with Crippen LogP contribution in [0.25, 0.3) is 0 Å². The predicted octanol–water partition coefficient (Wildman–Crippen LogP) is 2.38. The first-order chi connectivity index (χ1) is 7.22. The van der Waals surface area contributed by atoms with Gasteiger partial charge in [-0.1, -0.05) is 19.1 Å². The molecule has 0 heterocycles. The highest BCUT2D eigenvalue weighted by molar-refractivity contribution is 7.99. The molecule has 82 valence electrons. The van der Waals surface area contributed by atoms with Gasteiger partial charge in [-0.25, -0.2) is 0 Å². The van der Waals surface area contributed by atoms with Crippen molar-refractivity contribution >= 4 is 23.7 Å². The minimum atomic E-state index is 0.168. The molecule has 0 aliphatic heterocycles. The highest BCUT2D eigenvalue weighted by atomic mass is 32.2. The molecule has 2 nitrogen and oxygen atoms in total. The molecule has 0 saturated heterocycles. The maximum absolute atomic E-state index is 10.4. The number of carbonyl (C=O) groups is 1. The smallest absolute Gasteiger partial charge is 0.123 e. The lowest BCUT2D eigenvalue weighted by Gasteiger charge is -2.04. The molecule has 3 heteroatoms. The molecule has 0 amide bonds. The Kier molecular flexibility index (Phi) is 5.26. The molecular weight excluding hydrogens is 206 g/mol. The van der Waals surface area contributed by atoms with Gasteiger partial charge in [0.2, 0.25) is 0 Å². The van der Waals surface area contributed by atoms with E-state index >= 15 is 0 Å². The Bertz CT molecular complexity index is 297. The number of anilines is 1. The number of carbonyl (C=O) groups excluding carboxylic acids is 1. The van der Waals surface area contributed by atoms with Crippen LogP contribution in [-0.4, -0.2) is 17.8 Å². The molecule has 0 saturated carbocycles. The summed E-state index contributed by atoms with van der Waals surface area (Å²) < 4.78 is 0. The Morgan fingerprint density at radius 1 is 1.40 bits per heavy atom. The SMILES string of the molecule is CC(C=O)CSCCc1ccc(N)cc1. The molecule has 0 spiro atoms. The van der Waals surface area contributed by atoms with E-state index in [1.807, 2.05) is 30.8 Å². The monoisotopic (exact) mass is 223 g/mol. The molecule has 0 bridgehead atoms. The predicted molar refractivity (Wildman–Crippen MR) is 67.1 cm³/mol. The number of nitrogens with two attached hydrogens (primary N) is 1. The third-order valence-electron chi connectivity index (χ3n) is 2.13. The largest absolute Gasteiger partial charge is 0.399 e. The van der Waals surface area contributed by atoms with Crippen LogP contribution in [0.4, 0.5) is 5.69 Å². The highest BCUT2D eigenvalue weighted by Gasteiger charge is 1.99. The number of benzene rings is 1. The second-order valence-electron chi connectivity index (χ2n) is 3.68. The Morgan fingerprint density at radius 3 is 2.67 bits per heavy atom. The van der Waals surface area contributed by atoms with E-state index in [1.54, 1.807) is 0 Å². The number of thioether (sulfide) groups is 1. The van der Waals surface area contributed by atoms with Crippen molar-refractivity contribution < 1.29 is 4.79 Å². The lowest BCUT2D eigenvalue weighted by atomic mass is 10.2. The molecule has 1 aromatic carbocycles. The van der Waals surface area contributed by atoms with E-state index in [4.69, 9.17) is 5.73 Å². The fourth-order valence-corrected chi connectivity index (χ4v) is 2.18. The summed E-state index contributed by atoms with van der Waals surface area (Å²) in [6.07, 6.45) is 2.05. The van der Waals surface area contributed by atoms with Crippen LogP contribution in [-0.2, 0) is 11.2 Å². The van der Waals surface area contributed by atoms with Crippen molar-refractivity contribution in [3.05, 3.63) is 29.8 Å². The van der Waals surface area contributed by atoms with Crippen LogP contribution in [0.3, 0.4) is 0 Å². The second-order valence-corrected chi connectivity index (χ2v) is 4.83. The van der Waals surface area contributed by atoms with E-state index in [9.17, 15) is 4.79 Å². The van der Waals surface area contributed by atoms with Gasteiger partial charge < -0.3 is 10.5 Å². The summed E-state index contributed by atoms with van der Waals surface area (Å²) in [6.45, 7) is 1.95. The number of rotatable bonds is 6. The van der Waals surface area contributed by atoms with Gasteiger partial charge in [-0.05, 0) is 29.9 Å². The van der Waals surface area contributed by atoms with Gasteiger partial charge in [0.25, 0.3) is 0 Å². The quantitative estimate of drug-likeness (QED) is 0.457. The minimum Gasteiger partial charge on any atom is -0.399 e. The lowest BCUT2D eigenvalue weighted by molar-refractivity contribution is -0.110. The number of nitrogen functional groups attached to an aromatic ring is 1. The average molecular weight is 223 g/mol. The van der Waals surface area contributed by atoms with Gasteiger partial charge in [0.15, 0.2) is 0 Å². The van der Waals surface area contributed by atoms with Crippen LogP contribution >= 0.6 is 11.8 Å². The Labute approximate surface area is 95.2 Å². The van der Waals surface area contributed by atoms with Crippen molar-refractivity contribution in [3.8, 4) is 0 Å². The molecule has 0 aromatic heterocycles. The van der Waals surface area contributed by atoms with Crippen molar-refractivity contribution in [3.63, 3.8) is 0 Å². The zero-order valence-electron chi connectivity index (χ0n) is 8.98. The summed E-state index contributed by atoms with van der Waals surface area (Å²) in [7, 11) is 0. The molecule has 1 unspecified atom stereocenters. The van der Waals surface area contributed by atoms with Crippen LogP contribution in [0.2, 0.25) is 0 Å². The van der Waals surface area contributed by atoms with Crippen molar-refractivity contribution in [2.45, 2.75) is 13.3 Å². The Morgan fingerprint density at radius 2 is 2.07 bits per heavy atom. The van der Waals surface area contributed by atoms with Crippen LogP contribution in [0, 0.1) is 5.92 Å². The molecular formula is C12H17NOS. The molecule has 0 aliphatic rings. The van der Waals surface area contributed by atoms with Gasteiger partial charge in [-0.2, -0.15) is 11.8 Å². The van der Waals surface area contributed by atoms with Crippen LogP contribution < -0.4 is 5.73 Å². The fraction of sp³-hybridized carbons (Fsp3) is 0.417. The van der Waals surface area contributed by atoms with Gasteiger partial charge in [0.1, 0.15) is 6.29 Å². The zero-order valence-corrected chi connectivity index (χ0v) is 9.80. The Hall–Kier alpha value is -0.960. The molecule has 1 aromatic rings. The first kappa shape index (κ1) is 12.1. The van der Waals surface area contributed by atoms with E-state index in [0.29, 0.717) is 0 Å². The minimum absolute atomic E-state index is 0.168. The summed E-state index contributed by atoms with van der Waals surface area (Å²) in [5, 5.41) is 0. The highest BCUT2D eigenvalue weighted by Crippen LogP contribution is 2.11. The van der Waals surface area contributed by atoms with E-state index in [-0.39, 0.29) is 5.92 Å². The maximum Gasteiger partial charge on any atom is 0.123 e. The molecule has 1 rings (SSSR count). The van der Waals surface area contributed by atoms with Crippen molar-refractivity contribution in [1.29, 1.82) is 0 Å². The van der Waals surface area contributed by atoms with Crippen LogP contribution in [0.5, 0.6) is 0 Å². The summed E-state index contributed by atoms with van der Waals surface area (Å²) in [5.41, 5.74) is 7.70. The van der Waals surface area contributed by atoms with Gasteiger partial charge in [-0.15, -0.1) is 0 Å². The number of hydrogen-bond donors (Lipinski definition) is 1. The lowest BCUT2D eigenvalue weighted by Crippen LogP contribution is -2.00. The first-order valence-electron chi connectivity index (χ1n) is 5.10. The van der Waals surface area contributed by atoms with E-state index in [0.717, 1.165) is 29.9 Å². The topological polar surface area (TPSA) is 43.1 Å². The average Bonchev–Trinajstić information content (AvgIpc) is 2.26. The van der Waals surface area contributed by atoms with E-state index < -0.39 is 0 Å². The normalized spacial score (nSPS) is 12.3. The number of aldehydes is 1. The molecule has 1 atom stereocenters. The van der Waals surface area contributed by atoms with Crippen LogP contribution in [0.1, 0.15) is 12.5 Å². The maximum atomic E-state index is 10.4. The summed E-state index contributed by atoms with van der Waals surface area (Å²) in [4.78, 5) is 10.4. The summed E-state index contributed by atoms with van der Waals surface area (Å²) in [5.74, 6) is 2.14. The van der Waals surface area contributed by atoms with E-state index in [2.05, 4.69) is 12.1 Å².